The van der Waals surface area contributed by atoms with Gasteiger partial charge in [-0.2, -0.15) is 0 Å². The lowest BCUT2D eigenvalue weighted by molar-refractivity contribution is 0.0579. The van der Waals surface area contributed by atoms with Gasteiger partial charge in [-0.3, -0.25) is 0 Å². The first kappa shape index (κ1) is 20.9. The summed E-state index contributed by atoms with van der Waals surface area (Å²) in [6.07, 6.45) is 5.01. The van der Waals surface area contributed by atoms with Crippen molar-refractivity contribution in [3.8, 4) is 0 Å². The molecule has 0 aliphatic rings. The van der Waals surface area contributed by atoms with Gasteiger partial charge in [0.25, 0.3) is 0 Å². The van der Waals surface area contributed by atoms with Gasteiger partial charge in [0.15, 0.2) is 8.32 Å². The van der Waals surface area contributed by atoms with Crippen LogP contribution in [0.5, 0.6) is 0 Å². The van der Waals surface area contributed by atoms with Gasteiger partial charge in [0, 0.05) is 0 Å². The molecule has 0 rings (SSSR count). The second-order valence-electron chi connectivity index (χ2n) is 6.67. The molecule has 0 saturated carbocycles. The van der Waals surface area contributed by atoms with Gasteiger partial charge in [-0.25, -0.2) is 0 Å². The van der Waals surface area contributed by atoms with Crippen molar-refractivity contribution in [3.05, 3.63) is 12.1 Å². The van der Waals surface area contributed by atoms with Crippen LogP contribution in [0, 0.1) is 5.41 Å². The molecule has 0 aromatic heterocycles. The zero-order chi connectivity index (χ0) is 16.5. The van der Waals surface area contributed by atoms with Crippen LogP contribution in [0.3, 0.4) is 0 Å². The Hall–Kier alpha value is -0.0982. The Bertz CT molecular complexity index is 294. The van der Waals surface area contributed by atoms with Crippen molar-refractivity contribution >= 4 is 15.4 Å². The zero-order valence-corrected chi connectivity index (χ0v) is 15.9. The first-order valence-corrected chi connectivity index (χ1v) is 11.0. The Morgan fingerprint density at radius 1 is 1.10 bits per heavy atom. The highest BCUT2D eigenvalue weighted by Crippen LogP contribution is 2.36. The van der Waals surface area contributed by atoms with E-state index in [1.54, 1.807) is 0 Å². The fraction of sp³-hybridized carbons (Fsp3) is 0.875. The molecule has 0 saturated heterocycles. The van der Waals surface area contributed by atoms with Gasteiger partial charge in [-0.05, 0) is 36.4 Å². The van der Waals surface area contributed by atoms with E-state index in [1.165, 1.54) is 5.98 Å². The predicted octanol–water partition coefficient (Wildman–Crippen LogP) is 4.16. The van der Waals surface area contributed by atoms with Crippen LogP contribution in [-0.4, -0.2) is 31.6 Å². The van der Waals surface area contributed by atoms with Gasteiger partial charge in [-0.15, -0.1) is 0 Å². The molecular weight excluding hydrogens is 279 g/mol. The van der Waals surface area contributed by atoms with Crippen molar-refractivity contribution < 1.29 is 14.5 Å². The maximum atomic E-state index is 8.98. The van der Waals surface area contributed by atoms with Crippen molar-refractivity contribution in [2.24, 2.45) is 5.41 Å². The van der Waals surface area contributed by atoms with Crippen LogP contribution in [-0.2, 0) is 4.43 Å². The number of rotatable bonds is 11. The summed E-state index contributed by atoms with van der Waals surface area (Å²) in [5, 5.41) is 18.0. The molecule has 3 nitrogen and oxygen atoms in total. The summed E-state index contributed by atoms with van der Waals surface area (Å²) in [7, 11) is -3.03. The van der Waals surface area contributed by atoms with E-state index in [2.05, 4.69) is 41.5 Å². The van der Waals surface area contributed by atoms with E-state index in [-0.39, 0.29) is 11.5 Å². The highest BCUT2D eigenvalue weighted by Gasteiger charge is 2.37. The summed E-state index contributed by atoms with van der Waals surface area (Å²) in [5.74, 6) is 1.44. The SMILES string of the molecule is CCCC(C)(C)C(CC=CB(O)O)O[Si](CC)(CC)CC. The van der Waals surface area contributed by atoms with E-state index in [1.807, 2.05) is 6.08 Å². The third kappa shape index (κ3) is 7.13. The van der Waals surface area contributed by atoms with Crippen molar-refractivity contribution in [3.63, 3.8) is 0 Å². The van der Waals surface area contributed by atoms with Gasteiger partial charge >= 0.3 is 7.12 Å². The van der Waals surface area contributed by atoms with Crippen LogP contribution < -0.4 is 0 Å². The molecule has 1 unspecified atom stereocenters. The van der Waals surface area contributed by atoms with Crippen LogP contribution in [0.15, 0.2) is 12.1 Å². The minimum absolute atomic E-state index is 0.108. The lowest BCUT2D eigenvalue weighted by Gasteiger charge is -2.41. The Labute approximate surface area is 133 Å². The Morgan fingerprint density at radius 2 is 1.62 bits per heavy atom. The van der Waals surface area contributed by atoms with E-state index in [0.29, 0.717) is 0 Å². The molecule has 0 bridgehead atoms. The molecule has 5 heteroatoms. The van der Waals surface area contributed by atoms with E-state index in [9.17, 15) is 0 Å². The molecule has 0 amide bonds. The molecule has 0 radical (unpaired) electrons. The molecule has 0 fully saturated rings. The Balaban J connectivity index is 5.11. The first-order chi connectivity index (χ1) is 9.76. The molecule has 2 N–H and O–H groups in total. The van der Waals surface area contributed by atoms with E-state index in [4.69, 9.17) is 14.5 Å². The summed E-state index contributed by atoms with van der Waals surface area (Å²) in [6.45, 7) is 13.5. The zero-order valence-electron chi connectivity index (χ0n) is 14.9. The van der Waals surface area contributed by atoms with Gasteiger partial charge in [-0.1, -0.05) is 60.0 Å². The topological polar surface area (TPSA) is 49.7 Å². The van der Waals surface area contributed by atoms with Crippen molar-refractivity contribution in [1.29, 1.82) is 0 Å². The quantitative estimate of drug-likeness (QED) is 0.563. The second-order valence-corrected chi connectivity index (χ2v) is 11.4. The second kappa shape index (κ2) is 9.83. The number of hydrogen-bond donors (Lipinski definition) is 2. The average molecular weight is 314 g/mol. The third-order valence-electron chi connectivity index (χ3n) is 4.75. The molecule has 0 aliphatic heterocycles. The van der Waals surface area contributed by atoms with E-state index in [0.717, 1.165) is 37.4 Å². The lowest BCUT2D eigenvalue weighted by atomic mass is 9.80. The molecular formula is C16H35BO3Si. The van der Waals surface area contributed by atoms with Gasteiger partial charge in [0.2, 0.25) is 0 Å². The van der Waals surface area contributed by atoms with Crippen molar-refractivity contribution in [2.75, 3.05) is 0 Å². The molecule has 0 heterocycles. The van der Waals surface area contributed by atoms with Crippen LogP contribution in [0.1, 0.15) is 60.8 Å². The van der Waals surface area contributed by atoms with Crippen LogP contribution >= 0.6 is 0 Å². The van der Waals surface area contributed by atoms with Crippen molar-refractivity contribution in [2.45, 2.75) is 85.0 Å². The largest absolute Gasteiger partial charge is 0.480 e. The minimum Gasteiger partial charge on any atom is -0.424 e. The fourth-order valence-corrected chi connectivity index (χ4v) is 5.98. The smallest absolute Gasteiger partial charge is 0.424 e. The normalized spacial score (nSPS) is 14.7. The maximum Gasteiger partial charge on any atom is 0.480 e. The van der Waals surface area contributed by atoms with Crippen molar-refractivity contribution in [1.82, 2.24) is 0 Å². The van der Waals surface area contributed by atoms with Crippen LogP contribution in [0.4, 0.5) is 0 Å². The monoisotopic (exact) mass is 314 g/mol. The molecule has 1 atom stereocenters. The molecule has 0 aromatic carbocycles. The summed E-state index contributed by atoms with van der Waals surface area (Å²) in [6, 6.07) is 3.43. The molecule has 0 spiro atoms. The fourth-order valence-electron chi connectivity index (χ4n) is 2.96. The minimum atomic E-state index is -1.66. The molecule has 21 heavy (non-hydrogen) atoms. The third-order valence-corrected chi connectivity index (χ3v) is 9.40. The van der Waals surface area contributed by atoms with E-state index < -0.39 is 15.4 Å². The molecule has 124 valence electrons. The Morgan fingerprint density at radius 3 is 2.00 bits per heavy atom. The predicted molar refractivity (Wildman–Crippen MR) is 94.7 cm³/mol. The maximum absolute atomic E-state index is 8.98. The molecule has 0 aliphatic carbocycles. The summed E-state index contributed by atoms with van der Waals surface area (Å²) in [5.41, 5.74) is 0.108. The summed E-state index contributed by atoms with van der Waals surface area (Å²) < 4.78 is 6.71. The highest BCUT2D eigenvalue weighted by molar-refractivity contribution is 6.73. The van der Waals surface area contributed by atoms with E-state index >= 15 is 0 Å². The number of hydrogen-bond acceptors (Lipinski definition) is 3. The average Bonchev–Trinajstić information content (AvgIpc) is 2.42. The van der Waals surface area contributed by atoms with Crippen LogP contribution in [0.25, 0.3) is 0 Å². The van der Waals surface area contributed by atoms with Gasteiger partial charge < -0.3 is 14.5 Å². The van der Waals surface area contributed by atoms with Gasteiger partial charge in [0.1, 0.15) is 0 Å². The standard InChI is InChI=1S/C16H35BO3Si/c1-7-13-16(5,6)15(12-11-14-17(18)19)20-21(8-2,9-3)10-4/h11,14-15,18-19H,7-10,12-13H2,1-6H3. The summed E-state index contributed by atoms with van der Waals surface area (Å²) in [4.78, 5) is 0. The molecule has 0 aromatic rings. The van der Waals surface area contributed by atoms with Crippen LogP contribution in [0.2, 0.25) is 18.1 Å². The summed E-state index contributed by atoms with van der Waals surface area (Å²) >= 11 is 0. The Kier molecular flexibility index (Phi) is 9.78. The lowest BCUT2D eigenvalue weighted by Crippen LogP contribution is -2.45. The first-order valence-electron chi connectivity index (χ1n) is 8.47. The van der Waals surface area contributed by atoms with Gasteiger partial charge in [0.05, 0.1) is 6.10 Å². The highest BCUT2D eigenvalue weighted by atomic mass is 28.4.